The van der Waals surface area contributed by atoms with Crippen LogP contribution >= 0.6 is 0 Å². The number of hydrogen-bond acceptors (Lipinski definition) is 5. The topological polar surface area (TPSA) is 61.7 Å². The summed E-state index contributed by atoms with van der Waals surface area (Å²) in [6.07, 6.45) is 1.66. The van der Waals surface area contributed by atoms with Gasteiger partial charge in [-0.1, -0.05) is 26.0 Å². The Morgan fingerprint density at radius 2 is 1.68 bits per heavy atom. The average molecular weight is 446 g/mol. The van der Waals surface area contributed by atoms with Gasteiger partial charge in [-0.15, -0.1) is 0 Å². The summed E-state index contributed by atoms with van der Waals surface area (Å²) in [5, 5.41) is 4.77. The molecule has 31 heavy (non-hydrogen) atoms. The number of fused-ring (bicyclic) bond motifs is 1. The van der Waals surface area contributed by atoms with Crippen molar-refractivity contribution in [3.8, 4) is 0 Å². The summed E-state index contributed by atoms with van der Waals surface area (Å²) in [7, 11) is 0.605. The van der Waals surface area contributed by atoms with Crippen molar-refractivity contribution in [3.63, 3.8) is 0 Å². The SMILES string of the molecule is CC(C)Cc1ccc(S(=O)(=O)N2CCc3c(c(CN4CCN(C)CC4)nn3C)C2)cc1. The van der Waals surface area contributed by atoms with Gasteiger partial charge in [0.15, 0.2) is 0 Å². The van der Waals surface area contributed by atoms with Gasteiger partial charge < -0.3 is 4.90 Å². The molecule has 2 aliphatic heterocycles. The maximum Gasteiger partial charge on any atom is 0.243 e. The molecule has 3 heterocycles. The van der Waals surface area contributed by atoms with Gasteiger partial charge in [0, 0.05) is 70.5 Å². The highest BCUT2D eigenvalue weighted by molar-refractivity contribution is 7.89. The van der Waals surface area contributed by atoms with Crippen LogP contribution in [0.15, 0.2) is 29.2 Å². The molecule has 1 aromatic carbocycles. The third-order valence-electron chi connectivity index (χ3n) is 6.46. The Morgan fingerprint density at radius 1 is 1.00 bits per heavy atom. The highest BCUT2D eigenvalue weighted by Gasteiger charge is 2.32. The fraction of sp³-hybridized carbons (Fsp3) is 0.609. The van der Waals surface area contributed by atoms with E-state index < -0.39 is 10.0 Å². The normalized spacial score (nSPS) is 19.1. The van der Waals surface area contributed by atoms with Gasteiger partial charge in [0.05, 0.1) is 10.6 Å². The van der Waals surface area contributed by atoms with E-state index in [9.17, 15) is 8.42 Å². The quantitative estimate of drug-likeness (QED) is 0.682. The molecule has 0 saturated carbocycles. The van der Waals surface area contributed by atoms with Gasteiger partial charge in [-0.05, 0) is 37.1 Å². The predicted octanol–water partition coefficient (Wildman–Crippen LogP) is 2.11. The zero-order chi connectivity index (χ0) is 22.2. The van der Waals surface area contributed by atoms with E-state index in [1.165, 1.54) is 11.3 Å². The summed E-state index contributed by atoms with van der Waals surface area (Å²) >= 11 is 0. The number of aromatic nitrogens is 2. The number of sulfonamides is 1. The van der Waals surface area contributed by atoms with E-state index in [1.54, 1.807) is 16.4 Å². The predicted molar refractivity (Wildman–Crippen MR) is 122 cm³/mol. The van der Waals surface area contributed by atoms with E-state index in [0.717, 1.165) is 50.4 Å². The van der Waals surface area contributed by atoms with Crippen LogP contribution < -0.4 is 0 Å². The standard InChI is InChI=1S/C23H35N5O2S/c1-18(2)15-19-5-7-20(8-6-19)31(29,30)28-10-9-23-21(16-28)22(24-26(23)4)17-27-13-11-25(3)12-14-27/h5-8,18H,9-17H2,1-4H3. The maximum atomic E-state index is 13.4. The smallest absolute Gasteiger partial charge is 0.243 e. The van der Waals surface area contributed by atoms with Crippen molar-refractivity contribution in [3.05, 3.63) is 46.8 Å². The Kier molecular flexibility index (Phi) is 6.53. The minimum absolute atomic E-state index is 0.382. The number of hydrogen-bond donors (Lipinski definition) is 0. The zero-order valence-electron chi connectivity index (χ0n) is 19.2. The number of piperazine rings is 1. The van der Waals surface area contributed by atoms with Gasteiger partial charge >= 0.3 is 0 Å². The van der Waals surface area contributed by atoms with E-state index in [-0.39, 0.29) is 0 Å². The lowest BCUT2D eigenvalue weighted by molar-refractivity contribution is 0.146. The Hall–Kier alpha value is -1.74. The largest absolute Gasteiger partial charge is 0.304 e. The van der Waals surface area contributed by atoms with Crippen molar-refractivity contribution in [2.45, 2.75) is 44.7 Å². The summed E-state index contributed by atoms with van der Waals surface area (Å²) in [4.78, 5) is 5.14. The van der Waals surface area contributed by atoms with Gasteiger partial charge in [-0.2, -0.15) is 9.40 Å². The van der Waals surface area contributed by atoms with Crippen molar-refractivity contribution in [2.24, 2.45) is 13.0 Å². The van der Waals surface area contributed by atoms with Crippen LogP contribution in [0.1, 0.15) is 36.4 Å². The van der Waals surface area contributed by atoms with Crippen LogP contribution in [-0.2, 0) is 43.0 Å². The summed E-state index contributed by atoms with van der Waals surface area (Å²) in [5.74, 6) is 0.548. The lowest BCUT2D eigenvalue weighted by Crippen LogP contribution is -2.44. The van der Waals surface area contributed by atoms with Crippen LogP contribution in [-0.4, -0.2) is 72.1 Å². The number of nitrogens with zero attached hydrogens (tertiary/aromatic N) is 5. The molecule has 0 bridgehead atoms. The Bertz CT molecular complexity index is 1010. The van der Waals surface area contributed by atoms with E-state index in [1.807, 2.05) is 23.9 Å². The lowest BCUT2D eigenvalue weighted by Gasteiger charge is -2.32. The van der Waals surface area contributed by atoms with Crippen LogP contribution in [0.25, 0.3) is 0 Å². The van der Waals surface area contributed by atoms with Crippen molar-refractivity contribution in [1.29, 1.82) is 0 Å². The fourth-order valence-electron chi connectivity index (χ4n) is 4.61. The third kappa shape index (κ3) is 4.87. The molecule has 0 aliphatic carbocycles. The van der Waals surface area contributed by atoms with Crippen LogP contribution in [0.3, 0.4) is 0 Å². The molecule has 0 atom stereocenters. The molecule has 2 aliphatic rings. The van der Waals surface area contributed by atoms with Crippen LogP contribution in [0, 0.1) is 5.92 Å². The van der Waals surface area contributed by atoms with Crippen LogP contribution in [0.4, 0.5) is 0 Å². The number of benzene rings is 1. The van der Waals surface area contributed by atoms with Gasteiger partial charge in [-0.3, -0.25) is 9.58 Å². The molecule has 2 aromatic rings. The molecule has 170 valence electrons. The number of aryl methyl sites for hydroxylation is 1. The molecule has 8 heteroatoms. The first-order chi connectivity index (χ1) is 14.7. The monoisotopic (exact) mass is 445 g/mol. The molecule has 1 fully saturated rings. The molecule has 7 nitrogen and oxygen atoms in total. The summed E-state index contributed by atoms with van der Waals surface area (Å²) < 4.78 is 30.3. The van der Waals surface area contributed by atoms with Crippen molar-refractivity contribution < 1.29 is 8.42 Å². The van der Waals surface area contributed by atoms with Gasteiger partial charge in [-0.25, -0.2) is 8.42 Å². The second-order valence-electron chi connectivity index (χ2n) is 9.41. The first kappa shape index (κ1) is 22.5. The first-order valence-corrected chi connectivity index (χ1v) is 12.7. The number of rotatable bonds is 6. The zero-order valence-corrected chi connectivity index (χ0v) is 20.0. The third-order valence-corrected chi connectivity index (χ3v) is 8.32. The van der Waals surface area contributed by atoms with E-state index >= 15 is 0 Å². The van der Waals surface area contributed by atoms with Crippen LogP contribution in [0.2, 0.25) is 0 Å². The van der Waals surface area contributed by atoms with E-state index in [4.69, 9.17) is 5.10 Å². The molecular weight excluding hydrogens is 410 g/mol. The van der Waals surface area contributed by atoms with E-state index in [2.05, 4.69) is 30.7 Å². The molecule has 0 amide bonds. The summed E-state index contributed by atoms with van der Waals surface area (Å²) in [5.41, 5.74) is 4.46. The summed E-state index contributed by atoms with van der Waals surface area (Å²) in [6, 6.07) is 7.42. The number of likely N-dealkylation sites (N-methyl/N-ethyl adjacent to an activating group) is 1. The molecule has 0 spiro atoms. The van der Waals surface area contributed by atoms with Gasteiger partial charge in [0.2, 0.25) is 10.0 Å². The molecule has 0 N–H and O–H groups in total. The van der Waals surface area contributed by atoms with E-state index in [0.29, 0.717) is 30.3 Å². The fourth-order valence-corrected chi connectivity index (χ4v) is 6.02. The second-order valence-corrected chi connectivity index (χ2v) is 11.3. The molecule has 0 radical (unpaired) electrons. The molecular formula is C23H35N5O2S. The highest BCUT2D eigenvalue weighted by Crippen LogP contribution is 2.28. The minimum atomic E-state index is -3.52. The van der Waals surface area contributed by atoms with Gasteiger partial charge in [0.25, 0.3) is 0 Å². The minimum Gasteiger partial charge on any atom is -0.304 e. The molecule has 1 saturated heterocycles. The van der Waals surface area contributed by atoms with Gasteiger partial charge in [0.1, 0.15) is 0 Å². The summed E-state index contributed by atoms with van der Waals surface area (Å²) in [6.45, 7) is 10.2. The Labute approximate surface area is 186 Å². The highest BCUT2D eigenvalue weighted by atomic mass is 32.2. The molecule has 0 unspecified atom stereocenters. The lowest BCUT2D eigenvalue weighted by atomic mass is 10.0. The Balaban J connectivity index is 1.52. The van der Waals surface area contributed by atoms with Crippen molar-refractivity contribution in [2.75, 3.05) is 39.8 Å². The average Bonchev–Trinajstić information content (AvgIpc) is 3.04. The molecule has 1 aromatic heterocycles. The second kappa shape index (κ2) is 9.02. The van der Waals surface area contributed by atoms with Crippen molar-refractivity contribution in [1.82, 2.24) is 23.9 Å². The first-order valence-electron chi connectivity index (χ1n) is 11.3. The maximum absolute atomic E-state index is 13.4. The Morgan fingerprint density at radius 3 is 2.32 bits per heavy atom. The van der Waals surface area contributed by atoms with Crippen LogP contribution in [0.5, 0.6) is 0 Å². The molecule has 4 rings (SSSR count). The van der Waals surface area contributed by atoms with Crippen molar-refractivity contribution >= 4 is 10.0 Å².